The van der Waals surface area contributed by atoms with Crippen LogP contribution in [0.15, 0.2) is 36.4 Å². The van der Waals surface area contributed by atoms with Crippen LogP contribution in [0.5, 0.6) is 0 Å². The molecule has 2 aromatic carbocycles. The first-order chi connectivity index (χ1) is 12.3. The van der Waals surface area contributed by atoms with Crippen molar-refractivity contribution in [2.75, 3.05) is 30.8 Å². The smallest absolute Gasteiger partial charge is 0.279 e. The Morgan fingerprint density at radius 2 is 1.58 bits per heavy atom. The van der Waals surface area contributed by atoms with Gasteiger partial charge in [-0.05, 0) is 42.8 Å². The van der Waals surface area contributed by atoms with E-state index in [1.54, 1.807) is 43.4 Å². The van der Waals surface area contributed by atoms with Crippen LogP contribution in [0, 0.1) is 6.92 Å². The highest BCUT2D eigenvalue weighted by atomic mass is 35.5. The molecule has 0 bridgehead atoms. The van der Waals surface area contributed by atoms with Crippen LogP contribution in [0.1, 0.15) is 5.56 Å². The zero-order chi connectivity index (χ0) is 19.3. The van der Waals surface area contributed by atoms with Crippen LogP contribution < -0.4 is 15.5 Å². The Kier molecular flexibility index (Phi) is 7.29. The van der Waals surface area contributed by atoms with Crippen molar-refractivity contribution in [2.45, 2.75) is 6.92 Å². The highest BCUT2D eigenvalue weighted by Gasteiger charge is 2.15. The van der Waals surface area contributed by atoms with Crippen molar-refractivity contribution >= 4 is 58.0 Å². The number of quaternary nitrogens is 1. The maximum Gasteiger partial charge on any atom is 0.279 e. The summed E-state index contributed by atoms with van der Waals surface area (Å²) in [6.07, 6.45) is 0. The van der Waals surface area contributed by atoms with Gasteiger partial charge in [-0.3, -0.25) is 9.59 Å². The van der Waals surface area contributed by atoms with Crippen LogP contribution in [0.3, 0.4) is 0 Å². The SMILES string of the molecule is Cc1c(Cl)cccc1NC(=O)C[NH+](C)CC(=O)Nc1ccc(Cl)c(Cl)c1. The summed E-state index contributed by atoms with van der Waals surface area (Å²) >= 11 is 17.8. The molecule has 26 heavy (non-hydrogen) atoms. The number of hydrogen-bond acceptors (Lipinski definition) is 2. The van der Waals surface area contributed by atoms with E-state index in [0.29, 0.717) is 26.4 Å². The number of amides is 2. The number of nitrogens with one attached hydrogen (secondary N) is 3. The Morgan fingerprint density at radius 3 is 2.23 bits per heavy atom. The first-order valence-corrected chi connectivity index (χ1v) is 9.01. The van der Waals surface area contributed by atoms with E-state index in [1.165, 1.54) is 0 Å². The standard InChI is InChI=1S/C18H18Cl3N3O2/c1-11-13(19)4-3-5-16(11)23-18(26)10-24(2)9-17(25)22-12-6-7-14(20)15(21)8-12/h3-8H,9-10H2,1-2H3,(H,22,25)(H,23,26)/p+1. The van der Waals surface area contributed by atoms with Crippen molar-refractivity contribution in [3.63, 3.8) is 0 Å². The van der Waals surface area contributed by atoms with Crippen molar-refractivity contribution in [2.24, 2.45) is 0 Å². The Labute approximate surface area is 167 Å². The number of hydrogen-bond donors (Lipinski definition) is 3. The van der Waals surface area contributed by atoms with E-state index < -0.39 is 0 Å². The molecular weight excluding hydrogens is 397 g/mol. The van der Waals surface area contributed by atoms with Crippen molar-refractivity contribution in [3.8, 4) is 0 Å². The van der Waals surface area contributed by atoms with E-state index >= 15 is 0 Å². The summed E-state index contributed by atoms with van der Waals surface area (Å²) in [5.74, 6) is -0.428. The number of carbonyl (C=O) groups excluding carboxylic acids is 2. The molecule has 1 unspecified atom stereocenters. The minimum Gasteiger partial charge on any atom is -0.322 e. The van der Waals surface area contributed by atoms with Gasteiger partial charge in [-0.25, -0.2) is 0 Å². The first-order valence-electron chi connectivity index (χ1n) is 7.87. The lowest BCUT2D eigenvalue weighted by Crippen LogP contribution is -3.11. The molecule has 0 saturated heterocycles. The lowest BCUT2D eigenvalue weighted by Gasteiger charge is -2.15. The number of anilines is 2. The summed E-state index contributed by atoms with van der Waals surface area (Å²) in [6.45, 7) is 2.10. The summed E-state index contributed by atoms with van der Waals surface area (Å²) in [7, 11) is 1.76. The third-order valence-corrected chi connectivity index (χ3v) is 4.82. The minimum atomic E-state index is -0.229. The Hall–Kier alpha value is -1.79. The average Bonchev–Trinajstić information content (AvgIpc) is 2.55. The molecule has 0 aliphatic carbocycles. The largest absolute Gasteiger partial charge is 0.322 e. The molecule has 0 aromatic heterocycles. The number of likely N-dealkylation sites (N-methyl/N-ethyl adjacent to an activating group) is 1. The van der Waals surface area contributed by atoms with Gasteiger partial charge < -0.3 is 15.5 Å². The fourth-order valence-corrected chi connectivity index (χ4v) is 2.80. The van der Waals surface area contributed by atoms with E-state index in [0.717, 1.165) is 10.5 Å². The topological polar surface area (TPSA) is 62.6 Å². The van der Waals surface area contributed by atoms with Crippen LogP contribution in [-0.4, -0.2) is 32.0 Å². The first kappa shape index (κ1) is 20.5. The van der Waals surface area contributed by atoms with E-state index in [9.17, 15) is 9.59 Å². The van der Waals surface area contributed by atoms with Gasteiger partial charge in [-0.1, -0.05) is 40.9 Å². The van der Waals surface area contributed by atoms with Gasteiger partial charge in [-0.2, -0.15) is 0 Å². The quantitative estimate of drug-likeness (QED) is 0.679. The Bertz CT molecular complexity index is 827. The molecule has 2 aromatic rings. The van der Waals surface area contributed by atoms with Crippen LogP contribution in [-0.2, 0) is 9.59 Å². The summed E-state index contributed by atoms with van der Waals surface area (Å²) in [6, 6.07) is 10.2. The fourth-order valence-electron chi connectivity index (χ4n) is 2.33. The molecule has 0 aliphatic heterocycles. The van der Waals surface area contributed by atoms with Crippen molar-refractivity contribution in [3.05, 3.63) is 57.0 Å². The van der Waals surface area contributed by atoms with E-state index in [1.807, 2.05) is 6.92 Å². The summed E-state index contributed by atoms with van der Waals surface area (Å²) in [5.41, 5.74) is 2.02. The normalized spacial score (nSPS) is 11.7. The van der Waals surface area contributed by atoms with Crippen molar-refractivity contribution < 1.29 is 14.5 Å². The van der Waals surface area contributed by atoms with Crippen LogP contribution in [0.4, 0.5) is 11.4 Å². The van der Waals surface area contributed by atoms with Crippen LogP contribution >= 0.6 is 34.8 Å². The molecule has 8 heteroatoms. The highest BCUT2D eigenvalue weighted by Crippen LogP contribution is 2.25. The predicted molar refractivity (Wildman–Crippen MR) is 107 cm³/mol. The van der Waals surface area contributed by atoms with Crippen molar-refractivity contribution in [1.29, 1.82) is 0 Å². The molecule has 2 rings (SSSR count). The third-order valence-electron chi connectivity index (χ3n) is 3.67. The third kappa shape index (κ3) is 5.88. The summed E-state index contributed by atoms with van der Waals surface area (Å²) < 4.78 is 0. The summed E-state index contributed by atoms with van der Waals surface area (Å²) in [5, 5.41) is 6.91. The molecule has 0 heterocycles. The molecule has 1 atom stereocenters. The minimum absolute atomic E-state index is 0.127. The van der Waals surface area contributed by atoms with E-state index in [2.05, 4.69) is 10.6 Å². The second-order valence-corrected chi connectivity index (χ2v) is 7.17. The Morgan fingerprint density at radius 1 is 0.923 bits per heavy atom. The van der Waals surface area contributed by atoms with Gasteiger partial charge >= 0.3 is 0 Å². The number of carbonyl (C=O) groups is 2. The van der Waals surface area contributed by atoms with Gasteiger partial charge in [-0.15, -0.1) is 0 Å². The van der Waals surface area contributed by atoms with Crippen molar-refractivity contribution in [1.82, 2.24) is 0 Å². The highest BCUT2D eigenvalue weighted by molar-refractivity contribution is 6.42. The molecule has 3 N–H and O–H groups in total. The summed E-state index contributed by atoms with van der Waals surface area (Å²) in [4.78, 5) is 25.0. The zero-order valence-corrected chi connectivity index (χ0v) is 16.6. The van der Waals surface area contributed by atoms with Crippen LogP contribution in [0.2, 0.25) is 15.1 Å². The number of halogens is 3. The molecular formula is C18H19Cl3N3O2+. The molecule has 0 aliphatic rings. The molecule has 2 amide bonds. The van der Waals surface area contributed by atoms with Crippen LogP contribution in [0.25, 0.3) is 0 Å². The molecule has 0 radical (unpaired) electrons. The van der Waals surface area contributed by atoms with E-state index in [-0.39, 0.29) is 24.9 Å². The van der Waals surface area contributed by atoms with E-state index in [4.69, 9.17) is 34.8 Å². The molecule has 0 saturated carbocycles. The van der Waals surface area contributed by atoms with Gasteiger partial charge in [0.15, 0.2) is 13.1 Å². The second kappa shape index (κ2) is 9.24. The monoisotopic (exact) mass is 414 g/mol. The molecule has 0 fully saturated rings. The maximum absolute atomic E-state index is 12.2. The maximum atomic E-state index is 12.2. The molecule has 138 valence electrons. The van der Waals surface area contributed by atoms with Gasteiger partial charge in [0.05, 0.1) is 17.1 Å². The zero-order valence-electron chi connectivity index (χ0n) is 14.3. The Balaban J connectivity index is 1.86. The molecule has 0 spiro atoms. The second-order valence-electron chi connectivity index (χ2n) is 5.95. The number of rotatable bonds is 6. The average molecular weight is 416 g/mol. The van der Waals surface area contributed by atoms with Gasteiger partial charge in [0, 0.05) is 16.4 Å². The molecule has 5 nitrogen and oxygen atoms in total. The van der Waals surface area contributed by atoms with Gasteiger partial charge in [0.2, 0.25) is 0 Å². The van der Waals surface area contributed by atoms with Gasteiger partial charge in [0.25, 0.3) is 11.8 Å². The van der Waals surface area contributed by atoms with Gasteiger partial charge in [0.1, 0.15) is 0 Å². The number of benzene rings is 2. The fraction of sp³-hybridized carbons (Fsp3) is 0.222. The predicted octanol–water partition coefficient (Wildman–Crippen LogP) is 3.05. The lowest BCUT2D eigenvalue weighted by molar-refractivity contribution is -0.862. The lowest BCUT2D eigenvalue weighted by atomic mass is 10.2.